The molecule has 0 radical (unpaired) electrons. The first-order valence-corrected chi connectivity index (χ1v) is 9.49. The van der Waals surface area contributed by atoms with Crippen LogP contribution in [0.5, 0.6) is 5.75 Å². The fourth-order valence-electron chi connectivity index (χ4n) is 2.71. The van der Waals surface area contributed by atoms with Gasteiger partial charge >= 0.3 is 0 Å². The van der Waals surface area contributed by atoms with Crippen LogP contribution < -0.4 is 4.74 Å². The lowest BCUT2D eigenvalue weighted by Gasteiger charge is -2.15. The molecule has 2 aromatic carbocycles. The lowest BCUT2D eigenvalue weighted by molar-refractivity contribution is 0.210. The zero-order valence-electron chi connectivity index (χ0n) is 14.8. The van der Waals surface area contributed by atoms with Gasteiger partial charge in [0.25, 0.3) is 0 Å². The van der Waals surface area contributed by atoms with Gasteiger partial charge in [0.1, 0.15) is 5.75 Å². The third kappa shape index (κ3) is 4.42. The maximum atomic E-state index is 6.00. The molecule has 0 aliphatic rings. The standard InChI is InChI=1S/C20H23N3OS/c1-4-23-19(16(3)24-18-11-6-5-7-12-18)21-22-20(23)25-14-17-10-8-9-15(2)13-17/h5-13,16H,4,14H2,1-3H3. The smallest absolute Gasteiger partial charge is 0.191 e. The van der Waals surface area contributed by atoms with Crippen LogP contribution in [0.2, 0.25) is 0 Å². The number of hydrogen-bond acceptors (Lipinski definition) is 4. The highest BCUT2D eigenvalue weighted by molar-refractivity contribution is 7.98. The number of para-hydroxylation sites is 1. The van der Waals surface area contributed by atoms with Crippen molar-refractivity contribution in [3.05, 3.63) is 71.5 Å². The van der Waals surface area contributed by atoms with Crippen LogP contribution in [0.1, 0.15) is 36.9 Å². The molecular weight excluding hydrogens is 330 g/mol. The Morgan fingerprint density at radius 2 is 1.88 bits per heavy atom. The lowest BCUT2D eigenvalue weighted by atomic mass is 10.2. The van der Waals surface area contributed by atoms with Crippen molar-refractivity contribution in [1.29, 1.82) is 0 Å². The Kier molecular flexibility index (Phi) is 5.76. The summed E-state index contributed by atoms with van der Waals surface area (Å²) in [5.74, 6) is 2.58. The highest BCUT2D eigenvalue weighted by atomic mass is 32.2. The van der Waals surface area contributed by atoms with Crippen molar-refractivity contribution in [3.63, 3.8) is 0 Å². The maximum Gasteiger partial charge on any atom is 0.191 e. The second kappa shape index (κ2) is 8.21. The minimum absolute atomic E-state index is 0.150. The van der Waals surface area contributed by atoms with Crippen LogP contribution in [0.15, 0.2) is 59.8 Å². The Labute approximate surface area is 153 Å². The van der Waals surface area contributed by atoms with Gasteiger partial charge in [-0.25, -0.2) is 0 Å². The fraction of sp³-hybridized carbons (Fsp3) is 0.300. The zero-order valence-corrected chi connectivity index (χ0v) is 15.7. The molecule has 0 aliphatic heterocycles. The second-order valence-electron chi connectivity index (χ2n) is 5.94. The van der Waals surface area contributed by atoms with Crippen molar-refractivity contribution in [3.8, 4) is 5.75 Å². The van der Waals surface area contributed by atoms with Gasteiger partial charge in [0.2, 0.25) is 0 Å². The van der Waals surface area contributed by atoms with Crippen LogP contribution in [0.4, 0.5) is 0 Å². The van der Waals surface area contributed by atoms with Crippen molar-refractivity contribution >= 4 is 11.8 Å². The number of aryl methyl sites for hydroxylation is 1. The summed E-state index contributed by atoms with van der Waals surface area (Å²) in [6, 6.07) is 18.4. The van der Waals surface area contributed by atoms with Crippen LogP contribution in [-0.2, 0) is 12.3 Å². The molecule has 5 heteroatoms. The van der Waals surface area contributed by atoms with Crippen molar-refractivity contribution in [2.45, 2.75) is 44.3 Å². The average Bonchev–Trinajstić information content (AvgIpc) is 3.04. The summed E-state index contributed by atoms with van der Waals surface area (Å²) in [5, 5.41) is 9.70. The molecule has 0 aliphatic carbocycles. The van der Waals surface area contributed by atoms with Crippen LogP contribution >= 0.6 is 11.8 Å². The molecule has 0 bridgehead atoms. The molecule has 130 valence electrons. The Morgan fingerprint density at radius 1 is 1.08 bits per heavy atom. The number of benzene rings is 2. The van der Waals surface area contributed by atoms with E-state index < -0.39 is 0 Å². The Morgan fingerprint density at radius 3 is 2.60 bits per heavy atom. The van der Waals surface area contributed by atoms with E-state index in [1.165, 1.54) is 11.1 Å². The van der Waals surface area contributed by atoms with Crippen molar-refractivity contribution in [2.24, 2.45) is 0 Å². The van der Waals surface area contributed by atoms with Gasteiger partial charge in [0.05, 0.1) is 0 Å². The largest absolute Gasteiger partial charge is 0.483 e. The first kappa shape index (κ1) is 17.5. The van der Waals surface area contributed by atoms with Crippen molar-refractivity contribution < 1.29 is 4.74 Å². The average molecular weight is 353 g/mol. The molecular formula is C20H23N3OS. The van der Waals surface area contributed by atoms with Gasteiger partial charge in [-0.1, -0.05) is 59.8 Å². The SMILES string of the molecule is CCn1c(SCc2cccc(C)c2)nnc1C(C)Oc1ccccc1. The molecule has 0 N–H and O–H groups in total. The highest BCUT2D eigenvalue weighted by Crippen LogP contribution is 2.26. The van der Waals surface area contributed by atoms with E-state index in [-0.39, 0.29) is 6.10 Å². The topological polar surface area (TPSA) is 39.9 Å². The van der Waals surface area contributed by atoms with E-state index >= 15 is 0 Å². The minimum Gasteiger partial charge on any atom is -0.483 e. The first-order chi connectivity index (χ1) is 12.2. The third-order valence-corrected chi connectivity index (χ3v) is 4.97. The fourth-order valence-corrected chi connectivity index (χ4v) is 3.66. The van der Waals surface area contributed by atoms with E-state index in [2.05, 4.69) is 52.9 Å². The first-order valence-electron chi connectivity index (χ1n) is 8.50. The van der Waals surface area contributed by atoms with Gasteiger partial charge in [-0.05, 0) is 38.5 Å². The van der Waals surface area contributed by atoms with E-state index in [1.807, 2.05) is 37.3 Å². The molecule has 0 amide bonds. The van der Waals surface area contributed by atoms with Crippen LogP contribution in [0.3, 0.4) is 0 Å². The zero-order chi connectivity index (χ0) is 17.6. The molecule has 0 saturated heterocycles. The number of rotatable bonds is 7. The van der Waals surface area contributed by atoms with E-state index in [0.717, 1.165) is 29.0 Å². The summed E-state index contributed by atoms with van der Waals surface area (Å²) in [6.07, 6.45) is -0.150. The predicted octanol–water partition coefficient (Wildman–Crippen LogP) is 5.04. The Balaban J connectivity index is 1.72. The number of aromatic nitrogens is 3. The number of nitrogens with zero attached hydrogens (tertiary/aromatic N) is 3. The number of hydrogen-bond donors (Lipinski definition) is 0. The monoisotopic (exact) mass is 353 g/mol. The minimum atomic E-state index is -0.150. The van der Waals surface area contributed by atoms with E-state index in [9.17, 15) is 0 Å². The molecule has 1 heterocycles. The number of thioether (sulfide) groups is 1. The van der Waals surface area contributed by atoms with Gasteiger partial charge in [0, 0.05) is 12.3 Å². The quantitative estimate of drug-likeness (QED) is 0.558. The third-order valence-electron chi connectivity index (χ3n) is 3.93. The molecule has 25 heavy (non-hydrogen) atoms. The summed E-state index contributed by atoms with van der Waals surface area (Å²) in [7, 11) is 0. The van der Waals surface area contributed by atoms with Gasteiger partial charge in [-0.15, -0.1) is 10.2 Å². The summed E-state index contributed by atoms with van der Waals surface area (Å²) >= 11 is 1.71. The van der Waals surface area contributed by atoms with Crippen molar-refractivity contribution in [2.75, 3.05) is 0 Å². The van der Waals surface area contributed by atoms with E-state index in [1.54, 1.807) is 11.8 Å². The molecule has 4 nitrogen and oxygen atoms in total. The van der Waals surface area contributed by atoms with Gasteiger partial charge in [-0.2, -0.15) is 0 Å². The molecule has 0 saturated carbocycles. The Bertz CT molecular complexity index is 817. The summed E-state index contributed by atoms with van der Waals surface area (Å²) in [6.45, 7) is 7.06. The van der Waals surface area contributed by atoms with Crippen LogP contribution in [-0.4, -0.2) is 14.8 Å². The normalized spacial score (nSPS) is 12.1. The summed E-state index contributed by atoms with van der Waals surface area (Å²) in [4.78, 5) is 0. The lowest BCUT2D eigenvalue weighted by Crippen LogP contribution is -2.11. The molecule has 3 rings (SSSR count). The molecule has 3 aromatic rings. The molecule has 0 fully saturated rings. The van der Waals surface area contributed by atoms with E-state index in [0.29, 0.717) is 0 Å². The molecule has 1 aromatic heterocycles. The van der Waals surface area contributed by atoms with Gasteiger partial charge in [0.15, 0.2) is 17.1 Å². The molecule has 0 spiro atoms. The molecule has 1 atom stereocenters. The second-order valence-corrected chi connectivity index (χ2v) is 6.88. The van der Waals surface area contributed by atoms with Gasteiger partial charge in [-0.3, -0.25) is 0 Å². The molecule has 1 unspecified atom stereocenters. The highest BCUT2D eigenvalue weighted by Gasteiger charge is 2.18. The van der Waals surface area contributed by atoms with E-state index in [4.69, 9.17) is 4.74 Å². The van der Waals surface area contributed by atoms with Crippen molar-refractivity contribution in [1.82, 2.24) is 14.8 Å². The summed E-state index contributed by atoms with van der Waals surface area (Å²) < 4.78 is 8.14. The predicted molar refractivity (Wildman–Crippen MR) is 102 cm³/mol. The van der Waals surface area contributed by atoms with Crippen LogP contribution in [0.25, 0.3) is 0 Å². The number of ether oxygens (including phenoxy) is 1. The Hall–Kier alpha value is -2.27. The van der Waals surface area contributed by atoms with Gasteiger partial charge < -0.3 is 9.30 Å². The summed E-state index contributed by atoms with van der Waals surface area (Å²) in [5.41, 5.74) is 2.58. The maximum absolute atomic E-state index is 6.00. The van der Waals surface area contributed by atoms with Crippen LogP contribution in [0, 0.1) is 6.92 Å².